The number of hydrogen-bond donors (Lipinski definition) is 1. The molecule has 264 valence electrons. The van der Waals surface area contributed by atoms with E-state index >= 15 is 0 Å². The third-order valence-electron chi connectivity index (χ3n) is 10.2. The second-order valence-corrected chi connectivity index (χ2v) is 13.8. The Morgan fingerprint density at radius 1 is 0.375 bits per heavy atom. The summed E-state index contributed by atoms with van der Waals surface area (Å²) in [6, 6.07) is 73.4. The Morgan fingerprint density at radius 2 is 0.857 bits per heavy atom. The van der Waals surface area contributed by atoms with Gasteiger partial charge in [0.05, 0.1) is 17.1 Å². The molecule has 1 N–H and O–H groups in total. The maximum absolute atomic E-state index is 9.02. The number of benzene rings is 8. The van der Waals surface area contributed by atoms with Crippen molar-refractivity contribution in [1.29, 1.82) is 5.41 Å². The molecule has 0 aliphatic carbocycles. The molecule has 0 bridgehead atoms. The van der Waals surface area contributed by atoms with Crippen LogP contribution in [0.2, 0.25) is 0 Å². The summed E-state index contributed by atoms with van der Waals surface area (Å²) in [5.41, 5.74) is 14.0. The van der Waals surface area contributed by atoms with Crippen LogP contribution in [0.3, 0.4) is 0 Å². The topological polar surface area (TPSA) is 49.6 Å². The highest BCUT2D eigenvalue weighted by Crippen LogP contribution is 2.35. The third-order valence-corrected chi connectivity index (χ3v) is 10.2. The number of nitrogens with zero attached hydrogens (tertiary/aromatic N) is 2. The maximum atomic E-state index is 9.02. The van der Waals surface area contributed by atoms with Crippen LogP contribution in [0, 0.1) is 5.41 Å². The van der Waals surface area contributed by atoms with Crippen molar-refractivity contribution in [3.05, 3.63) is 235 Å². The van der Waals surface area contributed by atoms with Crippen molar-refractivity contribution < 1.29 is 0 Å². The molecular formula is C53H37N3. The van der Waals surface area contributed by atoms with E-state index in [0.717, 1.165) is 83.4 Å². The molecule has 9 rings (SSSR count). The minimum atomic E-state index is 0.476. The van der Waals surface area contributed by atoms with E-state index in [-0.39, 0.29) is 0 Å². The summed E-state index contributed by atoms with van der Waals surface area (Å²) in [6.45, 7) is 0. The number of nitrogens with one attached hydrogen (secondary N) is 1. The van der Waals surface area contributed by atoms with Gasteiger partial charge in [0, 0.05) is 16.7 Å². The fraction of sp³-hybridized carbons (Fsp3) is 0. The zero-order valence-corrected chi connectivity index (χ0v) is 30.7. The van der Waals surface area contributed by atoms with Crippen LogP contribution < -0.4 is 0 Å². The van der Waals surface area contributed by atoms with Gasteiger partial charge in [-0.25, -0.2) is 9.97 Å². The number of aromatic nitrogens is 2. The Morgan fingerprint density at radius 3 is 1.52 bits per heavy atom. The molecule has 0 atom stereocenters. The van der Waals surface area contributed by atoms with Crippen molar-refractivity contribution in [3.63, 3.8) is 0 Å². The Kier molecular flexibility index (Phi) is 9.47. The average Bonchev–Trinajstić information content (AvgIpc) is 3.29. The Balaban J connectivity index is 1.07. The van der Waals surface area contributed by atoms with Gasteiger partial charge in [0.2, 0.25) is 0 Å². The van der Waals surface area contributed by atoms with E-state index in [1.807, 2.05) is 78.9 Å². The lowest BCUT2D eigenvalue weighted by Crippen LogP contribution is -1.98. The molecule has 0 saturated carbocycles. The Bertz CT molecular complexity index is 2770. The van der Waals surface area contributed by atoms with Crippen molar-refractivity contribution in [2.24, 2.45) is 0 Å². The van der Waals surface area contributed by atoms with Gasteiger partial charge < -0.3 is 5.41 Å². The van der Waals surface area contributed by atoms with Crippen LogP contribution in [-0.4, -0.2) is 15.7 Å². The first-order valence-electron chi connectivity index (χ1n) is 18.8. The number of rotatable bonds is 9. The SMILES string of the molecule is N=C(/C=C(/c1ccccc1)c1cccc2ccc(-c3cccc(-c4ccc(-c5cc(-c6ccccc6)nc(-c6ccccc6)n5)cc4)c3)cc12)c1ccccc1. The van der Waals surface area contributed by atoms with E-state index in [1.54, 1.807) is 0 Å². The van der Waals surface area contributed by atoms with Crippen molar-refractivity contribution in [3.8, 4) is 56.2 Å². The van der Waals surface area contributed by atoms with Gasteiger partial charge in [-0.1, -0.05) is 194 Å². The lowest BCUT2D eigenvalue weighted by molar-refractivity contribution is 1.18. The summed E-state index contributed by atoms with van der Waals surface area (Å²) in [4.78, 5) is 9.98. The number of hydrogen-bond acceptors (Lipinski definition) is 3. The molecule has 0 aliphatic heterocycles. The van der Waals surface area contributed by atoms with Gasteiger partial charge in [0.15, 0.2) is 5.82 Å². The summed E-state index contributed by atoms with van der Waals surface area (Å²) in [7, 11) is 0. The molecule has 0 aliphatic rings. The number of allylic oxidation sites excluding steroid dienone is 1. The summed E-state index contributed by atoms with van der Waals surface area (Å²) < 4.78 is 0. The number of fused-ring (bicyclic) bond motifs is 1. The fourth-order valence-electron chi connectivity index (χ4n) is 7.25. The fourth-order valence-corrected chi connectivity index (χ4v) is 7.25. The lowest BCUT2D eigenvalue weighted by Gasteiger charge is -2.14. The first-order valence-corrected chi connectivity index (χ1v) is 18.8. The smallest absolute Gasteiger partial charge is 0.160 e. The van der Waals surface area contributed by atoms with Gasteiger partial charge in [0.25, 0.3) is 0 Å². The largest absolute Gasteiger partial charge is 0.300 e. The first-order chi connectivity index (χ1) is 27.7. The van der Waals surface area contributed by atoms with Crippen LogP contribution in [0.25, 0.3) is 72.5 Å². The maximum Gasteiger partial charge on any atom is 0.160 e. The van der Waals surface area contributed by atoms with Crippen LogP contribution in [0.1, 0.15) is 16.7 Å². The van der Waals surface area contributed by atoms with Gasteiger partial charge in [0.1, 0.15) is 0 Å². The van der Waals surface area contributed by atoms with Crippen molar-refractivity contribution in [1.82, 2.24) is 9.97 Å². The standard InChI is InChI=1S/C53H37N3/c54-50(40-17-7-2-8-18-40)35-49(38-15-5-1-6-16-38)47-26-14-23-39-29-32-46(34-48(39)47)45-25-13-24-44(33-45)37-27-30-42(31-28-37)52-36-51(41-19-9-3-10-20-41)55-53(56-52)43-21-11-4-12-22-43/h1-36,54H/b49-35-,54-50?. The van der Waals surface area contributed by atoms with Crippen molar-refractivity contribution in [2.75, 3.05) is 0 Å². The highest BCUT2D eigenvalue weighted by Gasteiger charge is 2.14. The quantitative estimate of drug-likeness (QED) is 0.151. The van der Waals surface area contributed by atoms with Crippen LogP contribution in [0.4, 0.5) is 0 Å². The molecule has 1 aromatic heterocycles. The minimum absolute atomic E-state index is 0.476. The van der Waals surface area contributed by atoms with Crippen molar-refractivity contribution in [2.45, 2.75) is 0 Å². The molecule has 0 spiro atoms. The second kappa shape index (κ2) is 15.5. The van der Waals surface area contributed by atoms with Gasteiger partial charge in [-0.05, 0) is 79.6 Å². The van der Waals surface area contributed by atoms with E-state index in [2.05, 4.69) is 140 Å². The highest BCUT2D eigenvalue weighted by molar-refractivity contribution is 6.13. The zero-order valence-electron chi connectivity index (χ0n) is 30.7. The predicted molar refractivity (Wildman–Crippen MR) is 234 cm³/mol. The van der Waals surface area contributed by atoms with Gasteiger partial charge in [-0.15, -0.1) is 0 Å². The molecule has 1 heterocycles. The summed E-state index contributed by atoms with van der Waals surface area (Å²) in [5.74, 6) is 0.707. The van der Waals surface area contributed by atoms with E-state index in [9.17, 15) is 0 Å². The Hall–Kier alpha value is -7.49. The van der Waals surface area contributed by atoms with E-state index < -0.39 is 0 Å². The summed E-state index contributed by atoms with van der Waals surface area (Å²) in [5, 5.41) is 11.3. The van der Waals surface area contributed by atoms with Crippen LogP contribution in [0.5, 0.6) is 0 Å². The van der Waals surface area contributed by atoms with Crippen LogP contribution in [-0.2, 0) is 0 Å². The molecule has 56 heavy (non-hydrogen) atoms. The molecule has 3 nitrogen and oxygen atoms in total. The molecule has 0 amide bonds. The molecule has 3 heteroatoms. The van der Waals surface area contributed by atoms with E-state index in [4.69, 9.17) is 15.4 Å². The zero-order chi connectivity index (χ0) is 37.7. The van der Waals surface area contributed by atoms with Gasteiger partial charge >= 0.3 is 0 Å². The summed E-state index contributed by atoms with van der Waals surface area (Å²) >= 11 is 0. The monoisotopic (exact) mass is 715 g/mol. The normalized spacial score (nSPS) is 11.4. The molecule has 0 unspecified atom stereocenters. The lowest BCUT2D eigenvalue weighted by atomic mass is 9.89. The molecular weight excluding hydrogens is 679 g/mol. The molecule has 9 aromatic rings. The van der Waals surface area contributed by atoms with E-state index in [0.29, 0.717) is 11.5 Å². The van der Waals surface area contributed by atoms with Crippen molar-refractivity contribution >= 4 is 22.1 Å². The molecule has 8 aromatic carbocycles. The van der Waals surface area contributed by atoms with Gasteiger partial charge in [-0.2, -0.15) is 0 Å². The average molecular weight is 716 g/mol. The van der Waals surface area contributed by atoms with Crippen LogP contribution in [0.15, 0.2) is 218 Å². The predicted octanol–water partition coefficient (Wildman–Crippen LogP) is 13.5. The summed E-state index contributed by atoms with van der Waals surface area (Å²) in [6.07, 6.45) is 2.00. The first kappa shape index (κ1) is 34.3. The molecule has 0 fully saturated rings. The van der Waals surface area contributed by atoms with E-state index in [1.165, 1.54) is 0 Å². The second-order valence-electron chi connectivity index (χ2n) is 13.8. The molecule has 0 radical (unpaired) electrons. The Labute approximate surface area is 327 Å². The van der Waals surface area contributed by atoms with Crippen LogP contribution >= 0.6 is 0 Å². The minimum Gasteiger partial charge on any atom is -0.300 e. The highest BCUT2D eigenvalue weighted by atomic mass is 14.9. The van der Waals surface area contributed by atoms with Gasteiger partial charge in [-0.3, -0.25) is 0 Å². The third kappa shape index (κ3) is 7.22. The molecule has 0 saturated heterocycles.